The van der Waals surface area contributed by atoms with Gasteiger partial charge in [0, 0.05) is 26.1 Å². The molecular weight excluding hydrogens is 300 g/mol. The fourth-order valence-corrected chi connectivity index (χ4v) is 2.72. The first-order valence-corrected chi connectivity index (χ1v) is 8.13. The monoisotopic (exact) mass is 322 g/mol. The van der Waals surface area contributed by atoms with Gasteiger partial charge in [0.15, 0.2) is 0 Å². The van der Waals surface area contributed by atoms with Crippen LogP contribution in [-0.2, 0) is 9.59 Å². The van der Waals surface area contributed by atoms with Crippen molar-refractivity contribution in [3.63, 3.8) is 0 Å². The number of likely N-dealkylation sites (N-methyl/N-ethyl adjacent to an activating group) is 2. The van der Waals surface area contributed by atoms with Gasteiger partial charge in [-0.2, -0.15) is 5.26 Å². The molecule has 1 heterocycles. The first kappa shape index (κ1) is 18.1. The van der Waals surface area contributed by atoms with Crippen molar-refractivity contribution in [1.82, 2.24) is 9.80 Å². The number of rotatable bonds is 8. The van der Waals surface area contributed by atoms with Crippen LogP contribution in [-0.4, -0.2) is 54.8 Å². The molecule has 0 aliphatic heterocycles. The lowest BCUT2D eigenvalue weighted by Gasteiger charge is -2.22. The summed E-state index contributed by atoms with van der Waals surface area (Å²) in [6.07, 6.45) is 0.283. The quantitative estimate of drug-likeness (QED) is 0.791. The predicted octanol–water partition coefficient (Wildman–Crippen LogP) is 1.75. The van der Waals surface area contributed by atoms with Crippen molar-refractivity contribution in [1.29, 1.82) is 5.26 Å². The SMILES string of the molecule is CCN(CC)C(=O)CN(C)CCC(=O)Nc1sccc1C#N. The van der Waals surface area contributed by atoms with Crippen molar-refractivity contribution in [3.05, 3.63) is 17.0 Å². The molecule has 0 aromatic carbocycles. The molecule has 0 aliphatic carbocycles. The second-order valence-corrected chi connectivity index (χ2v) is 5.79. The zero-order valence-corrected chi connectivity index (χ0v) is 14.1. The molecular formula is C15H22N4O2S. The average Bonchev–Trinajstić information content (AvgIpc) is 2.93. The molecule has 1 aromatic rings. The van der Waals surface area contributed by atoms with Gasteiger partial charge in [-0.3, -0.25) is 14.5 Å². The highest BCUT2D eigenvalue weighted by atomic mass is 32.1. The van der Waals surface area contributed by atoms with Gasteiger partial charge in [-0.1, -0.05) is 0 Å². The number of carbonyl (C=O) groups excluding carboxylic acids is 2. The molecule has 1 rings (SSSR count). The Morgan fingerprint density at radius 1 is 1.36 bits per heavy atom. The van der Waals surface area contributed by atoms with Crippen molar-refractivity contribution in [2.45, 2.75) is 20.3 Å². The van der Waals surface area contributed by atoms with Gasteiger partial charge in [0.25, 0.3) is 0 Å². The van der Waals surface area contributed by atoms with E-state index in [9.17, 15) is 9.59 Å². The Labute approximate surface area is 135 Å². The summed E-state index contributed by atoms with van der Waals surface area (Å²) in [5, 5.41) is 14.0. The maximum atomic E-state index is 11.9. The van der Waals surface area contributed by atoms with E-state index in [0.29, 0.717) is 36.7 Å². The lowest BCUT2D eigenvalue weighted by molar-refractivity contribution is -0.132. The summed E-state index contributed by atoms with van der Waals surface area (Å²) in [4.78, 5) is 27.4. The van der Waals surface area contributed by atoms with Crippen LogP contribution in [0.4, 0.5) is 5.00 Å². The van der Waals surface area contributed by atoms with E-state index < -0.39 is 0 Å². The molecule has 1 aromatic heterocycles. The van der Waals surface area contributed by atoms with Crippen molar-refractivity contribution in [2.24, 2.45) is 0 Å². The molecule has 0 aliphatic rings. The number of amides is 2. The molecule has 0 bridgehead atoms. The standard InChI is InChI=1S/C15H22N4O2S/c1-4-19(5-2)14(21)11-18(3)8-6-13(20)17-15-12(10-16)7-9-22-15/h7,9H,4-6,8,11H2,1-3H3,(H,17,20). The first-order chi connectivity index (χ1) is 10.5. The van der Waals surface area contributed by atoms with Crippen LogP contribution in [0.25, 0.3) is 0 Å². The largest absolute Gasteiger partial charge is 0.342 e. The summed E-state index contributed by atoms with van der Waals surface area (Å²) in [5.74, 6) is -0.0842. The Morgan fingerprint density at radius 2 is 2.05 bits per heavy atom. The second kappa shape index (κ2) is 9.18. The summed E-state index contributed by atoms with van der Waals surface area (Å²) >= 11 is 1.33. The predicted molar refractivity (Wildman–Crippen MR) is 87.7 cm³/mol. The summed E-state index contributed by atoms with van der Waals surface area (Å²) < 4.78 is 0. The average molecular weight is 322 g/mol. The molecule has 0 atom stereocenters. The Balaban J connectivity index is 2.38. The third-order valence-electron chi connectivity index (χ3n) is 3.28. The highest BCUT2D eigenvalue weighted by Crippen LogP contribution is 2.22. The van der Waals surface area contributed by atoms with Gasteiger partial charge in [0.2, 0.25) is 11.8 Å². The van der Waals surface area contributed by atoms with Crippen LogP contribution in [0.3, 0.4) is 0 Å². The van der Waals surface area contributed by atoms with E-state index in [-0.39, 0.29) is 18.2 Å². The fraction of sp³-hybridized carbons (Fsp3) is 0.533. The van der Waals surface area contributed by atoms with Crippen LogP contribution >= 0.6 is 11.3 Å². The van der Waals surface area contributed by atoms with Gasteiger partial charge in [-0.15, -0.1) is 11.3 Å². The normalized spacial score (nSPS) is 10.3. The van der Waals surface area contributed by atoms with Crippen molar-refractivity contribution in [2.75, 3.05) is 38.5 Å². The van der Waals surface area contributed by atoms with Crippen LogP contribution in [0.1, 0.15) is 25.8 Å². The molecule has 2 amide bonds. The number of thiophene rings is 1. The minimum absolute atomic E-state index is 0.0675. The van der Waals surface area contributed by atoms with Gasteiger partial charge in [0.1, 0.15) is 11.1 Å². The van der Waals surface area contributed by atoms with Gasteiger partial charge < -0.3 is 10.2 Å². The fourth-order valence-electron chi connectivity index (χ4n) is 1.96. The van der Waals surface area contributed by atoms with Crippen LogP contribution in [0.15, 0.2) is 11.4 Å². The Hall–Kier alpha value is -1.91. The minimum atomic E-state index is -0.152. The van der Waals surface area contributed by atoms with E-state index in [1.54, 1.807) is 16.3 Å². The maximum Gasteiger partial charge on any atom is 0.236 e. The molecule has 120 valence electrons. The maximum absolute atomic E-state index is 11.9. The van der Waals surface area contributed by atoms with Crippen LogP contribution < -0.4 is 5.32 Å². The highest BCUT2D eigenvalue weighted by molar-refractivity contribution is 7.14. The number of anilines is 1. The number of carbonyl (C=O) groups is 2. The van der Waals surface area contributed by atoms with E-state index >= 15 is 0 Å². The number of hydrogen-bond acceptors (Lipinski definition) is 5. The molecule has 0 fully saturated rings. The van der Waals surface area contributed by atoms with Gasteiger partial charge in [-0.05, 0) is 32.3 Å². The summed E-state index contributed by atoms with van der Waals surface area (Å²) in [6, 6.07) is 3.71. The Bertz CT molecular complexity index is 546. The van der Waals surface area contributed by atoms with Gasteiger partial charge in [0.05, 0.1) is 12.1 Å². The Kier molecular flexibility index (Phi) is 7.57. The topological polar surface area (TPSA) is 76.4 Å². The van der Waals surface area contributed by atoms with Gasteiger partial charge in [-0.25, -0.2) is 0 Å². The second-order valence-electron chi connectivity index (χ2n) is 4.88. The Morgan fingerprint density at radius 3 is 2.64 bits per heavy atom. The van der Waals surface area contributed by atoms with E-state index in [2.05, 4.69) is 5.32 Å². The third-order valence-corrected chi connectivity index (χ3v) is 4.11. The minimum Gasteiger partial charge on any atom is -0.342 e. The van der Waals surface area contributed by atoms with Crippen LogP contribution in [0.5, 0.6) is 0 Å². The van der Waals surface area contributed by atoms with Crippen molar-refractivity contribution < 1.29 is 9.59 Å². The molecule has 22 heavy (non-hydrogen) atoms. The van der Waals surface area contributed by atoms with Crippen LogP contribution in [0.2, 0.25) is 0 Å². The summed E-state index contributed by atoms with van der Waals surface area (Å²) in [5.41, 5.74) is 0.475. The zero-order valence-electron chi connectivity index (χ0n) is 13.3. The molecule has 7 heteroatoms. The molecule has 0 unspecified atom stereocenters. The number of nitriles is 1. The van der Waals surface area contributed by atoms with Crippen molar-refractivity contribution >= 4 is 28.2 Å². The highest BCUT2D eigenvalue weighted by Gasteiger charge is 2.14. The molecule has 6 nitrogen and oxygen atoms in total. The number of hydrogen-bond donors (Lipinski definition) is 1. The van der Waals surface area contributed by atoms with Crippen LogP contribution in [0, 0.1) is 11.3 Å². The molecule has 0 saturated heterocycles. The summed E-state index contributed by atoms with van der Waals surface area (Å²) in [7, 11) is 1.82. The molecule has 0 spiro atoms. The van der Waals surface area contributed by atoms with Crippen molar-refractivity contribution in [3.8, 4) is 6.07 Å². The lowest BCUT2D eigenvalue weighted by atomic mass is 10.3. The smallest absolute Gasteiger partial charge is 0.236 e. The first-order valence-electron chi connectivity index (χ1n) is 7.25. The number of nitrogens with zero attached hydrogens (tertiary/aromatic N) is 3. The lowest BCUT2D eigenvalue weighted by Crippen LogP contribution is -2.39. The molecule has 0 saturated carbocycles. The van der Waals surface area contributed by atoms with E-state index in [1.165, 1.54) is 11.3 Å². The third kappa shape index (κ3) is 5.47. The van der Waals surface area contributed by atoms with E-state index in [1.807, 2.05) is 31.9 Å². The molecule has 0 radical (unpaired) electrons. The van der Waals surface area contributed by atoms with E-state index in [4.69, 9.17) is 5.26 Å². The number of nitrogens with one attached hydrogen (secondary N) is 1. The van der Waals surface area contributed by atoms with E-state index in [0.717, 1.165) is 0 Å². The molecule has 1 N–H and O–H groups in total. The summed E-state index contributed by atoms with van der Waals surface area (Å²) in [6.45, 7) is 6.08. The van der Waals surface area contributed by atoms with Gasteiger partial charge >= 0.3 is 0 Å². The zero-order chi connectivity index (χ0) is 16.5.